The van der Waals surface area contributed by atoms with Crippen molar-refractivity contribution in [3.63, 3.8) is 0 Å². The van der Waals surface area contributed by atoms with Gasteiger partial charge in [0.15, 0.2) is 5.65 Å². The Morgan fingerprint density at radius 2 is 1.89 bits per heavy atom. The molecule has 1 amide bonds. The average molecular weight is 501 g/mol. The predicted octanol–water partition coefficient (Wildman–Crippen LogP) is 4.66. The Hall–Kier alpha value is -3.73. The highest BCUT2D eigenvalue weighted by molar-refractivity contribution is 5.97. The molecule has 3 aromatic rings. The third-order valence-corrected chi connectivity index (χ3v) is 7.53. The van der Waals surface area contributed by atoms with Gasteiger partial charge in [-0.25, -0.2) is 9.97 Å². The van der Waals surface area contributed by atoms with Crippen LogP contribution in [0.3, 0.4) is 0 Å². The van der Waals surface area contributed by atoms with E-state index >= 15 is 0 Å². The number of amides is 1. The van der Waals surface area contributed by atoms with Crippen LogP contribution >= 0.6 is 0 Å². The number of rotatable bonds is 7. The molecule has 0 aliphatic carbocycles. The number of hydrogen-bond donors (Lipinski definition) is 0. The summed E-state index contributed by atoms with van der Waals surface area (Å²) in [7, 11) is 1.97. The quantitative estimate of drug-likeness (QED) is 0.468. The maximum atomic E-state index is 13.5. The number of carbonyl (C=O) groups excluding carboxylic acids is 2. The number of anilines is 1. The van der Waals surface area contributed by atoms with Crippen molar-refractivity contribution in [3.8, 4) is 6.07 Å². The van der Waals surface area contributed by atoms with Gasteiger partial charge in [-0.05, 0) is 48.8 Å². The highest BCUT2D eigenvalue weighted by Crippen LogP contribution is 2.30. The maximum Gasteiger partial charge on any atom is 0.239 e. The fourth-order valence-corrected chi connectivity index (χ4v) is 5.28. The number of aromatic nitrogens is 3. The SMILES string of the molecule is CC(C)Cc1ccc(C(C)C(=O)n2ccc3c(N(C)[C@H]4CN(C(=O)CC#N)CC[C@H]4C)ncnc32)cc1. The molecule has 194 valence electrons. The first-order valence-corrected chi connectivity index (χ1v) is 13.0. The summed E-state index contributed by atoms with van der Waals surface area (Å²) in [4.78, 5) is 38.8. The van der Waals surface area contributed by atoms with Crippen LogP contribution in [0.15, 0.2) is 42.9 Å². The molecular weight excluding hydrogens is 464 g/mol. The van der Waals surface area contributed by atoms with Crippen molar-refractivity contribution in [1.29, 1.82) is 5.26 Å². The van der Waals surface area contributed by atoms with Crippen molar-refractivity contribution in [2.24, 2.45) is 11.8 Å². The fourth-order valence-electron chi connectivity index (χ4n) is 5.28. The van der Waals surface area contributed by atoms with E-state index in [-0.39, 0.29) is 30.2 Å². The van der Waals surface area contributed by atoms with E-state index in [4.69, 9.17) is 5.26 Å². The molecule has 1 fully saturated rings. The summed E-state index contributed by atoms with van der Waals surface area (Å²) in [5, 5.41) is 9.73. The van der Waals surface area contributed by atoms with Crippen LogP contribution in [0, 0.1) is 23.2 Å². The van der Waals surface area contributed by atoms with Gasteiger partial charge in [0.1, 0.15) is 18.6 Å². The van der Waals surface area contributed by atoms with Gasteiger partial charge in [0.05, 0.1) is 23.4 Å². The molecular formula is C29H36N6O2. The number of nitrogens with zero attached hydrogens (tertiary/aromatic N) is 6. The fraction of sp³-hybridized carbons (Fsp3) is 0.483. The van der Waals surface area contributed by atoms with E-state index in [0.717, 1.165) is 29.6 Å². The Kier molecular flexibility index (Phi) is 7.91. The van der Waals surface area contributed by atoms with Gasteiger partial charge >= 0.3 is 0 Å². The monoisotopic (exact) mass is 500 g/mol. The van der Waals surface area contributed by atoms with Gasteiger partial charge in [-0.3, -0.25) is 14.2 Å². The van der Waals surface area contributed by atoms with Crippen molar-refractivity contribution in [3.05, 3.63) is 54.0 Å². The Bertz CT molecular complexity index is 1310. The van der Waals surface area contributed by atoms with Crippen LogP contribution in [0.25, 0.3) is 11.0 Å². The molecule has 1 saturated heterocycles. The van der Waals surface area contributed by atoms with E-state index in [9.17, 15) is 9.59 Å². The van der Waals surface area contributed by atoms with E-state index < -0.39 is 0 Å². The third kappa shape index (κ3) is 5.51. The van der Waals surface area contributed by atoms with Crippen LogP contribution in [-0.2, 0) is 11.2 Å². The predicted molar refractivity (Wildman–Crippen MR) is 144 cm³/mol. The zero-order valence-corrected chi connectivity index (χ0v) is 22.4. The van der Waals surface area contributed by atoms with Gasteiger partial charge in [0.25, 0.3) is 0 Å². The lowest BCUT2D eigenvalue weighted by atomic mass is 9.92. The van der Waals surface area contributed by atoms with E-state index in [1.807, 2.05) is 38.2 Å². The number of hydrogen-bond acceptors (Lipinski definition) is 6. The van der Waals surface area contributed by atoms with Crippen LogP contribution in [0.2, 0.25) is 0 Å². The minimum absolute atomic E-state index is 0.0387. The third-order valence-electron chi connectivity index (χ3n) is 7.53. The van der Waals surface area contributed by atoms with Crippen LogP contribution in [-0.4, -0.2) is 57.4 Å². The Morgan fingerprint density at radius 1 is 1.16 bits per heavy atom. The van der Waals surface area contributed by atoms with E-state index in [1.54, 1.807) is 15.7 Å². The number of benzene rings is 1. The first-order valence-electron chi connectivity index (χ1n) is 13.0. The number of carbonyl (C=O) groups is 2. The van der Waals surface area contributed by atoms with E-state index in [1.165, 1.54) is 11.9 Å². The van der Waals surface area contributed by atoms with Crippen LogP contribution in [0.1, 0.15) is 62.4 Å². The average Bonchev–Trinajstić information content (AvgIpc) is 3.32. The summed E-state index contributed by atoms with van der Waals surface area (Å²) in [6, 6.07) is 12.2. The van der Waals surface area contributed by atoms with Crippen molar-refractivity contribution in [2.45, 2.75) is 58.9 Å². The number of likely N-dealkylation sites (tertiary alicyclic amines) is 1. The maximum absolute atomic E-state index is 13.5. The topological polar surface area (TPSA) is 95.1 Å². The number of fused-ring (bicyclic) bond motifs is 1. The molecule has 1 aromatic carbocycles. The molecule has 4 rings (SSSR count). The Balaban J connectivity index is 1.58. The normalized spacial score (nSPS) is 18.6. The summed E-state index contributed by atoms with van der Waals surface area (Å²) in [5.41, 5.74) is 2.82. The zero-order chi connectivity index (χ0) is 26.7. The molecule has 0 saturated carbocycles. The van der Waals surface area contributed by atoms with Crippen LogP contribution < -0.4 is 4.90 Å². The van der Waals surface area contributed by atoms with Crippen molar-refractivity contribution in [2.75, 3.05) is 25.0 Å². The molecule has 1 aliphatic heterocycles. The molecule has 8 heteroatoms. The first kappa shape index (κ1) is 26.3. The van der Waals surface area contributed by atoms with Gasteiger partial charge in [-0.15, -0.1) is 0 Å². The largest absolute Gasteiger partial charge is 0.354 e. The summed E-state index contributed by atoms with van der Waals surface area (Å²) in [5.74, 6) is 1.15. The summed E-state index contributed by atoms with van der Waals surface area (Å²) >= 11 is 0. The van der Waals surface area contributed by atoms with Gasteiger partial charge < -0.3 is 9.80 Å². The molecule has 0 spiro atoms. The second kappa shape index (κ2) is 11.1. The second-order valence-corrected chi connectivity index (χ2v) is 10.6. The lowest BCUT2D eigenvalue weighted by Gasteiger charge is -2.42. The number of nitriles is 1. The van der Waals surface area contributed by atoms with Crippen LogP contribution in [0.4, 0.5) is 5.82 Å². The van der Waals surface area contributed by atoms with Crippen molar-refractivity contribution in [1.82, 2.24) is 19.4 Å². The molecule has 3 heterocycles. The standard InChI is InChI=1S/C29H36N6O2/c1-19(2)16-22-6-8-23(9-7-22)21(4)29(37)35-15-12-24-27(31-18-32-28(24)35)33(5)25-17-34(14-11-20(25)3)26(36)10-13-30/h6-9,12,15,18-21,25H,10-11,14,16-17H2,1-5H3/t20-,21?,25+/m1/s1. The smallest absolute Gasteiger partial charge is 0.239 e. The number of likely N-dealkylation sites (N-methyl/N-ethyl adjacent to an activating group) is 1. The first-order chi connectivity index (χ1) is 17.7. The molecule has 1 aliphatic rings. The summed E-state index contributed by atoms with van der Waals surface area (Å²) < 4.78 is 1.62. The molecule has 1 unspecified atom stereocenters. The Morgan fingerprint density at radius 3 is 2.57 bits per heavy atom. The summed E-state index contributed by atoms with van der Waals surface area (Å²) in [6.07, 6.45) is 5.03. The molecule has 0 N–H and O–H groups in total. The molecule has 0 bridgehead atoms. The van der Waals surface area contributed by atoms with E-state index in [2.05, 4.69) is 47.8 Å². The Labute approximate surface area is 218 Å². The van der Waals surface area contributed by atoms with Crippen molar-refractivity contribution >= 4 is 28.7 Å². The lowest BCUT2D eigenvalue weighted by molar-refractivity contribution is -0.131. The van der Waals surface area contributed by atoms with Crippen molar-refractivity contribution < 1.29 is 9.59 Å². The van der Waals surface area contributed by atoms with Gasteiger partial charge in [-0.2, -0.15) is 5.26 Å². The molecule has 0 radical (unpaired) electrons. The zero-order valence-electron chi connectivity index (χ0n) is 22.4. The second-order valence-electron chi connectivity index (χ2n) is 10.6. The molecule has 3 atom stereocenters. The lowest BCUT2D eigenvalue weighted by Crippen LogP contribution is -2.52. The highest BCUT2D eigenvalue weighted by atomic mass is 16.2. The minimum atomic E-state index is -0.321. The van der Waals surface area contributed by atoms with Crippen LogP contribution in [0.5, 0.6) is 0 Å². The molecule has 37 heavy (non-hydrogen) atoms. The van der Waals surface area contributed by atoms with Gasteiger partial charge in [0.2, 0.25) is 11.8 Å². The number of piperidine rings is 1. The van der Waals surface area contributed by atoms with Gasteiger partial charge in [0, 0.05) is 26.3 Å². The minimum Gasteiger partial charge on any atom is -0.354 e. The highest BCUT2D eigenvalue weighted by Gasteiger charge is 2.33. The molecule has 8 nitrogen and oxygen atoms in total. The molecule has 2 aromatic heterocycles. The van der Waals surface area contributed by atoms with E-state index in [0.29, 0.717) is 30.6 Å². The van der Waals surface area contributed by atoms with Gasteiger partial charge in [-0.1, -0.05) is 45.0 Å². The summed E-state index contributed by atoms with van der Waals surface area (Å²) in [6.45, 7) is 9.69.